The maximum Gasteiger partial charge on any atom is 0.227 e. The van der Waals surface area contributed by atoms with Crippen LogP contribution < -0.4 is 11.1 Å². The number of guanidine groups is 1. The van der Waals surface area contributed by atoms with Gasteiger partial charge >= 0.3 is 0 Å². The second-order valence-electron chi connectivity index (χ2n) is 6.33. The molecule has 2 fully saturated rings. The summed E-state index contributed by atoms with van der Waals surface area (Å²) in [4.78, 5) is 18.5. The molecule has 3 rings (SSSR count). The van der Waals surface area contributed by atoms with E-state index in [1.54, 1.807) is 0 Å². The molecule has 2 aliphatic rings. The SMILES string of the molecule is CN(C(N)=NCc1cccc(NC(=O)C2CCC2)c1)C1CC1.I. The van der Waals surface area contributed by atoms with Crippen molar-refractivity contribution in [2.45, 2.75) is 44.7 Å². The third-order valence-electron chi connectivity index (χ3n) is 4.55. The number of carbonyl (C=O) groups excluding carboxylic acids is 1. The van der Waals surface area contributed by atoms with E-state index in [1.165, 1.54) is 19.3 Å². The van der Waals surface area contributed by atoms with Gasteiger partial charge in [0.05, 0.1) is 6.54 Å². The van der Waals surface area contributed by atoms with Crippen LogP contribution in [0.4, 0.5) is 5.69 Å². The maximum absolute atomic E-state index is 12.0. The van der Waals surface area contributed by atoms with Gasteiger partial charge in [-0.05, 0) is 43.4 Å². The molecule has 2 aliphatic carbocycles. The van der Waals surface area contributed by atoms with E-state index in [0.717, 1.165) is 24.1 Å². The van der Waals surface area contributed by atoms with Gasteiger partial charge in [0.15, 0.2) is 5.96 Å². The summed E-state index contributed by atoms with van der Waals surface area (Å²) in [5.41, 5.74) is 7.90. The lowest BCUT2D eigenvalue weighted by Gasteiger charge is -2.24. The average Bonchev–Trinajstić information content (AvgIpc) is 3.27. The monoisotopic (exact) mass is 428 g/mol. The molecule has 1 aromatic rings. The largest absolute Gasteiger partial charge is 0.370 e. The second kappa shape index (κ2) is 7.99. The number of halogens is 1. The van der Waals surface area contributed by atoms with Crippen molar-refractivity contribution in [1.82, 2.24) is 4.90 Å². The van der Waals surface area contributed by atoms with E-state index in [9.17, 15) is 4.79 Å². The average molecular weight is 428 g/mol. The molecule has 3 N–H and O–H groups in total. The van der Waals surface area contributed by atoms with E-state index in [0.29, 0.717) is 18.5 Å². The molecule has 0 atom stereocenters. The van der Waals surface area contributed by atoms with Gasteiger partial charge in [-0.1, -0.05) is 18.6 Å². The fourth-order valence-electron chi connectivity index (χ4n) is 2.59. The Hall–Kier alpha value is -1.31. The Labute approximate surface area is 154 Å². The highest BCUT2D eigenvalue weighted by molar-refractivity contribution is 14.0. The number of nitrogens with one attached hydrogen (secondary N) is 1. The molecular weight excluding hydrogens is 403 g/mol. The molecule has 0 spiro atoms. The number of nitrogens with two attached hydrogens (primary N) is 1. The molecule has 6 heteroatoms. The molecule has 0 unspecified atom stereocenters. The number of carbonyl (C=O) groups is 1. The number of benzene rings is 1. The first-order valence-corrected chi connectivity index (χ1v) is 8.06. The lowest BCUT2D eigenvalue weighted by atomic mass is 9.85. The van der Waals surface area contributed by atoms with Crippen LogP contribution in [-0.4, -0.2) is 29.9 Å². The van der Waals surface area contributed by atoms with Gasteiger partial charge in [0, 0.05) is 24.7 Å². The van der Waals surface area contributed by atoms with Crippen molar-refractivity contribution < 1.29 is 4.79 Å². The lowest BCUT2D eigenvalue weighted by molar-refractivity contribution is -0.122. The summed E-state index contributed by atoms with van der Waals surface area (Å²) in [6, 6.07) is 8.42. The predicted molar refractivity (Wildman–Crippen MR) is 104 cm³/mol. The first kappa shape index (κ1) is 18.0. The maximum atomic E-state index is 12.0. The normalized spacial score (nSPS) is 17.9. The van der Waals surface area contributed by atoms with Crippen molar-refractivity contribution >= 4 is 41.5 Å². The summed E-state index contributed by atoms with van der Waals surface area (Å²) >= 11 is 0. The Morgan fingerprint density at radius 3 is 2.70 bits per heavy atom. The Balaban J connectivity index is 0.00000192. The van der Waals surface area contributed by atoms with Crippen LogP contribution in [0.15, 0.2) is 29.3 Å². The minimum Gasteiger partial charge on any atom is -0.370 e. The van der Waals surface area contributed by atoms with Gasteiger partial charge in [-0.3, -0.25) is 4.79 Å². The minimum absolute atomic E-state index is 0. The molecule has 0 heterocycles. The van der Waals surface area contributed by atoms with Crippen molar-refractivity contribution in [3.63, 3.8) is 0 Å². The van der Waals surface area contributed by atoms with Gasteiger partial charge in [0.25, 0.3) is 0 Å². The van der Waals surface area contributed by atoms with Crippen molar-refractivity contribution in [3.8, 4) is 0 Å². The first-order valence-electron chi connectivity index (χ1n) is 8.06. The summed E-state index contributed by atoms with van der Waals surface area (Å²) in [5.74, 6) is 0.927. The van der Waals surface area contributed by atoms with Gasteiger partial charge in [0.2, 0.25) is 5.91 Å². The lowest BCUT2D eigenvalue weighted by Crippen LogP contribution is -2.35. The molecule has 23 heavy (non-hydrogen) atoms. The molecule has 1 amide bonds. The Morgan fingerprint density at radius 2 is 2.09 bits per heavy atom. The summed E-state index contributed by atoms with van der Waals surface area (Å²) in [7, 11) is 1.99. The number of hydrogen-bond acceptors (Lipinski definition) is 2. The highest BCUT2D eigenvalue weighted by atomic mass is 127. The number of amides is 1. The molecule has 0 radical (unpaired) electrons. The van der Waals surface area contributed by atoms with Gasteiger partial charge in [0.1, 0.15) is 0 Å². The fourth-order valence-corrected chi connectivity index (χ4v) is 2.59. The van der Waals surface area contributed by atoms with Gasteiger partial charge in [-0.15, -0.1) is 24.0 Å². The Morgan fingerprint density at radius 1 is 1.35 bits per heavy atom. The van der Waals surface area contributed by atoms with E-state index in [2.05, 4.69) is 10.3 Å². The smallest absolute Gasteiger partial charge is 0.227 e. The van der Waals surface area contributed by atoms with Crippen LogP contribution in [0.1, 0.15) is 37.7 Å². The quantitative estimate of drug-likeness (QED) is 0.431. The zero-order valence-corrected chi connectivity index (χ0v) is 15.8. The van der Waals surface area contributed by atoms with Gasteiger partial charge in [-0.25, -0.2) is 4.99 Å². The fraction of sp³-hybridized carbons (Fsp3) is 0.529. The number of anilines is 1. The van der Waals surface area contributed by atoms with E-state index in [1.807, 2.05) is 36.2 Å². The standard InChI is InChI=1S/C17H24N4O.HI/c1-21(15-8-9-15)17(18)19-11-12-4-2-7-14(10-12)20-16(22)13-5-3-6-13;/h2,4,7,10,13,15H,3,5-6,8-9,11H2,1H3,(H2,18,19)(H,20,22);1H. The topological polar surface area (TPSA) is 70.7 Å². The molecule has 1 aromatic carbocycles. The van der Waals surface area contributed by atoms with Crippen LogP contribution in [0.25, 0.3) is 0 Å². The predicted octanol–water partition coefficient (Wildman–Crippen LogP) is 2.95. The van der Waals surface area contributed by atoms with E-state index >= 15 is 0 Å². The zero-order chi connectivity index (χ0) is 15.5. The summed E-state index contributed by atoms with van der Waals surface area (Å²) in [6.45, 7) is 0.538. The van der Waals surface area contributed by atoms with Crippen molar-refractivity contribution in [1.29, 1.82) is 0 Å². The number of rotatable bonds is 5. The molecule has 126 valence electrons. The molecule has 2 saturated carbocycles. The molecule has 5 nitrogen and oxygen atoms in total. The highest BCUT2D eigenvalue weighted by Crippen LogP contribution is 2.28. The van der Waals surface area contributed by atoms with Crippen LogP contribution in [0.2, 0.25) is 0 Å². The first-order chi connectivity index (χ1) is 10.6. The molecule has 0 saturated heterocycles. The van der Waals surface area contributed by atoms with Crippen molar-refractivity contribution in [2.24, 2.45) is 16.6 Å². The minimum atomic E-state index is 0. The highest BCUT2D eigenvalue weighted by Gasteiger charge is 2.27. The van der Waals surface area contributed by atoms with E-state index in [-0.39, 0.29) is 35.8 Å². The van der Waals surface area contributed by atoms with E-state index in [4.69, 9.17) is 5.73 Å². The summed E-state index contributed by atoms with van der Waals surface area (Å²) < 4.78 is 0. The zero-order valence-electron chi connectivity index (χ0n) is 13.5. The molecule has 0 bridgehead atoms. The molecular formula is C17H25IN4O. The van der Waals surface area contributed by atoms with Crippen LogP contribution in [-0.2, 0) is 11.3 Å². The number of aliphatic imine (C=N–C) groups is 1. The van der Waals surface area contributed by atoms with Crippen molar-refractivity contribution in [3.05, 3.63) is 29.8 Å². The Kier molecular flexibility index (Phi) is 6.26. The summed E-state index contributed by atoms with van der Waals surface area (Å²) in [6.07, 6.45) is 5.60. The second-order valence-corrected chi connectivity index (χ2v) is 6.33. The van der Waals surface area contributed by atoms with Crippen LogP contribution in [0.3, 0.4) is 0 Å². The molecule has 0 aliphatic heterocycles. The third-order valence-corrected chi connectivity index (χ3v) is 4.55. The van der Waals surface area contributed by atoms with Crippen LogP contribution >= 0.6 is 24.0 Å². The van der Waals surface area contributed by atoms with Crippen LogP contribution in [0.5, 0.6) is 0 Å². The molecule has 0 aromatic heterocycles. The summed E-state index contributed by atoms with van der Waals surface area (Å²) in [5, 5.41) is 2.99. The van der Waals surface area contributed by atoms with Crippen molar-refractivity contribution in [2.75, 3.05) is 12.4 Å². The number of nitrogens with zero attached hydrogens (tertiary/aromatic N) is 2. The van der Waals surface area contributed by atoms with Gasteiger partial charge < -0.3 is 16.0 Å². The van der Waals surface area contributed by atoms with Gasteiger partial charge in [-0.2, -0.15) is 0 Å². The Bertz CT molecular complexity index is 582. The number of hydrogen-bond donors (Lipinski definition) is 2. The van der Waals surface area contributed by atoms with Crippen LogP contribution in [0, 0.1) is 5.92 Å². The third kappa shape index (κ3) is 4.83. The van der Waals surface area contributed by atoms with E-state index < -0.39 is 0 Å².